The number of hydrogen-bond acceptors (Lipinski definition) is 3. The number of methoxy groups -OCH3 is 2. The fraction of sp³-hybridized carbons (Fsp3) is 0.588. The number of benzene rings is 1. The molecule has 0 fully saturated rings. The standard InChI is InChI=1S/C17H29N3O2.HI/c1-17(2,3)15(22-6)12-20-16(18-4)19-11-13-9-7-8-10-14(13)21-5;/h7-10,15H,11-12H2,1-6H3,(H2,18,19,20);1H. The zero-order chi connectivity index (χ0) is 16.6. The summed E-state index contributed by atoms with van der Waals surface area (Å²) < 4.78 is 10.9. The highest BCUT2D eigenvalue weighted by Crippen LogP contribution is 2.21. The van der Waals surface area contributed by atoms with Crippen molar-refractivity contribution in [1.82, 2.24) is 10.6 Å². The Labute approximate surface area is 157 Å². The maximum Gasteiger partial charge on any atom is 0.191 e. The van der Waals surface area contributed by atoms with Crippen LogP contribution in [0.15, 0.2) is 29.3 Å². The van der Waals surface area contributed by atoms with Gasteiger partial charge in [-0.25, -0.2) is 0 Å². The summed E-state index contributed by atoms with van der Waals surface area (Å²) in [6.07, 6.45) is 0.109. The van der Waals surface area contributed by atoms with Crippen LogP contribution in [0.1, 0.15) is 26.3 Å². The second-order valence-electron chi connectivity index (χ2n) is 6.21. The van der Waals surface area contributed by atoms with Gasteiger partial charge in [0, 0.05) is 32.8 Å². The van der Waals surface area contributed by atoms with Crippen LogP contribution in [0.4, 0.5) is 0 Å². The minimum Gasteiger partial charge on any atom is -0.496 e. The van der Waals surface area contributed by atoms with E-state index in [0.29, 0.717) is 13.1 Å². The molecule has 0 saturated heterocycles. The molecular weight excluding hydrogens is 405 g/mol. The summed E-state index contributed by atoms with van der Waals surface area (Å²) in [5.41, 5.74) is 1.16. The van der Waals surface area contributed by atoms with Crippen LogP contribution in [-0.4, -0.2) is 39.9 Å². The number of halogens is 1. The van der Waals surface area contributed by atoms with Crippen LogP contribution in [0.3, 0.4) is 0 Å². The lowest BCUT2D eigenvalue weighted by molar-refractivity contribution is 0.0205. The Morgan fingerprint density at radius 2 is 1.83 bits per heavy atom. The summed E-state index contributed by atoms with van der Waals surface area (Å²) in [6.45, 7) is 7.83. The molecule has 1 aromatic rings. The predicted molar refractivity (Wildman–Crippen MR) is 107 cm³/mol. The summed E-state index contributed by atoms with van der Waals surface area (Å²) in [7, 11) is 5.18. The van der Waals surface area contributed by atoms with Gasteiger partial charge in [-0.2, -0.15) is 0 Å². The highest BCUT2D eigenvalue weighted by Gasteiger charge is 2.24. The zero-order valence-electron chi connectivity index (χ0n) is 15.0. The van der Waals surface area contributed by atoms with Crippen molar-refractivity contribution in [3.8, 4) is 5.75 Å². The Kier molecular flexibility index (Phi) is 10.2. The van der Waals surface area contributed by atoms with E-state index < -0.39 is 0 Å². The molecule has 5 nitrogen and oxygen atoms in total. The molecule has 0 radical (unpaired) electrons. The summed E-state index contributed by atoms with van der Waals surface area (Å²) in [6, 6.07) is 7.94. The van der Waals surface area contributed by atoms with Crippen LogP contribution in [0.25, 0.3) is 0 Å². The Morgan fingerprint density at radius 3 is 2.35 bits per heavy atom. The number of nitrogens with one attached hydrogen (secondary N) is 2. The molecule has 0 bridgehead atoms. The smallest absolute Gasteiger partial charge is 0.191 e. The first-order valence-electron chi connectivity index (χ1n) is 7.51. The lowest BCUT2D eigenvalue weighted by Gasteiger charge is -2.30. The number of hydrogen-bond donors (Lipinski definition) is 2. The topological polar surface area (TPSA) is 54.9 Å². The lowest BCUT2D eigenvalue weighted by atomic mass is 9.89. The first-order chi connectivity index (χ1) is 10.4. The third-order valence-corrected chi connectivity index (χ3v) is 3.57. The van der Waals surface area contributed by atoms with E-state index >= 15 is 0 Å². The number of para-hydroxylation sites is 1. The minimum absolute atomic E-state index is 0. The number of guanidine groups is 1. The second-order valence-corrected chi connectivity index (χ2v) is 6.21. The van der Waals surface area contributed by atoms with Crippen molar-refractivity contribution < 1.29 is 9.47 Å². The van der Waals surface area contributed by atoms with Gasteiger partial charge in [0.1, 0.15) is 5.75 Å². The Balaban J connectivity index is 0.00000484. The fourth-order valence-corrected chi connectivity index (χ4v) is 2.18. The molecule has 1 atom stereocenters. The fourth-order valence-electron chi connectivity index (χ4n) is 2.18. The number of rotatable bonds is 6. The van der Waals surface area contributed by atoms with E-state index in [1.54, 1.807) is 21.3 Å². The molecule has 0 saturated carbocycles. The average Bonchev–Trinajstić information content (AvgIpc) is 2.49. The van der Waals surface area contributed by atoms with E-state index in [-0.39, 0.29) is 35.5 Å². The van der Waals surface area contributed by atoms with Gasteiger partial charge in [0.05, 0.1) is 13.2 Å². The SMILES string of the molecule is CN=C(NCc1ccccc1OC)NCC(OC)C(C)(C)C.I. The van der Waals surface area contributed by atoms with Crippen molar-refractivity contribution in [2.75, 3.05) is 27.8 Å². The molecule has 1 rings (SSSR count). The first-order valence-corrected chi connectivity index (χ1v) is 7.51. The van der Waals surface area contributed by atoms with Gasteiger partial charge >= 0.3 is 0 Å². The lowest BCUT2D eigenvalue weighted by Crippen LogP contribution is -2.45. The molecule has 0 aromatic heterocycles. The molecule has 0 aliphatic carbocycles. The van der Waals surface area contributed by atoms with Gasteiger partial charge in [0.15, 0.2) is 5.96 Å². The van der Waals surface area contributed by atoms with Gasteiger partial charge in [-0.1, -0.05) is 39.0 Å². The van der Waals surface area contributed by atoms with Crippen molar-refractivity contribution in [3.63, 3.8) is 0 Å². The molecule has 0 spiro atoms. The molecule has 0 aliphatic rings. The third kappa shape index (κ3) is 7.39. The van der Waals surface area contributed by atoms with Gasteiger partial charge in [-0.15, -0.1) is 24.0 Å². The van der Waals surface area contributed by atoms with Gasteiger partial charge < -0.3 is 20.1 Å². The zero-order valence-corrected chi connectivity index (χ0v) is 17.3. The van der Waals surface area contributed by atoms with Crippen molar-refractivity contribution in [3.05, 3.63) is 29.8 Å². The van der Waals surface area contributed by atoms with Crippen LogP contribution in [0.5, 0.6) is 5.75 Å². The molecule has 0 aliphatic heterocycles. The minimum atomic E-state index is 0. The Hall–Kier alpha value is -1.02. The number of nitrogens with zero attached hydrogens (tertiary/aromatic N) is 1. The first kappa shape index (κ1) is 22.0. The highest BCUT2D eigenvalue weighted by atomic mass is 127. The molecule has 23 heavy (non-hydrogen) atoms. The summed E-state index contributed by atoms with van der Waals surface area (Å²) >= 11 is 0. The van der Waals surface area contributed by atoms with E-state index in [4.69, 9.17) is 9.47 Å². The third-order valence-electron chi connectivity index (χ3n) is 3.57. The molecular formula is C17H30IN3O2. The summed E-state index contributed by atoms with van der Waals surface area (Å²) in [4.78, 5) is 4.24. The van der Waals surface area contributed by atoms with Crippen molar-refractivity contribution >= 4 is 29.9 Å². The van der Waals surface area contributed by atoms with E-state index in [1.807, 2.05) is 24.3 Å². The number of ether oxygens (including phenoxy) is 2. The van der Waals surface area contributed by atoms with Gasteiger partial charge in [0.25, 0.3) is 0 Å². The van der Waals surface area contributed by atoms with Crippen LogP contribution in [0.2, 0.25) is 0 Å². The molecule has 132 valence electrons. The van der Waals surface area contributed by atoms with Crippen LogP contribution in [0, 0.1) is 5.41 Å². The van der Waals surface area contributed by atoms with Crippen LogP contribution < -0.4 is 15.4 Å². The van der Waals surface area contributed by atoms with E-state index in [9.17, 15) is 0 Å². The van der Waals surface area contributed by atoms with Crippen LogP contribution in [-0.2, 0) is 11.3 Å². The summed E-state index contributed by atoms with van der Waals surface area (Å²) in [5, 5.41) is 6.60. The maximum atomic E-state index is 5.54. The summed E-state index contributed by atoms with van der Waals surface area (Å²) in [5.74, 6) is 1.62. The average molecular weight is 435 g/mol. The predicted octanol–water partition coefficient (Wildman–Crippen LogP) is 3.04. The number of aliphatic imine (C=N–C) groups is 1. The largest absolute Gasteiger partial charge is 0.496 e. The van der Waals surface area contributed by atoms with E-state index in [2.05, 4.69) is 36.4 Å². The van der Waals surface area contributed by atoms with Gasteiger partial charge in [0.2, 0.25) is 0 Å². The van der Waals surface area contributed by atoms with Crippen LogP contribution >= 0.6 is 24.0 Å². The normalized spacial score (nSPS) is 13.0. The van der Waals surface area contributed by atoms with Crippen molar-refractivity contribution in [1.29, 1.82) is 0 Å². The van der Waals surface area contributed by atoms with Gasteiger partial charge in [-0.05, 0) is 11.5 Å². The Morgan fingerprint density at radius 1 is 1.17 bits per heavy atom. The highest BCUT2D eigenvalue weighted by molar-refractivity contribution is 14.0. The monoisotopic (exact) mass is 435 g/mol. The molecule has 0 amide bonds. The van der Waals surface area contributed by atoms with E-state index in [0.717, 1.165) is 17.3 Å². The molecule has 2 N–H and O–H groups in total. The molecule has 6 heteroatoms. The Bertz CT molecular complexity index is 487. The maximum absolute atomic E-state index is 5.54. The quantitative estimate of drug-likeness (QED) is 0.410. The van der Waals surface area contributed by atoms with Crippen molar-refractivity contribution in [2.45, 2.75) is 33.4 Å². The molecule has 0 heterocycles. The molecule has 1 unspecified atom stereocenters. The van der Waals surface area contributed by atoms with E-state index in [1.165, 1.54) is 0 Å². The molecule has 1 aromatic carbocycles. The van der Waals surface area contributed by atoms with Gasteiger partial charge in [-0.3, -0.25) is 4.99 Å². The second kappa shape index (κ2) is 10.7. The van der Waals surface area contributed by atoms with Crippen molar-refractivity contribution in [2.24, 2.45) is 10.4 Å².